The number of rotatable bonds is 7. The van der Waals surface area contributed by atoms with Gasteiger partial charge in [-0.1, -0.05) is 34.6 Å². The SMILES string of the molecule is CCC(C)N1CCN(CC(C)(C)CNC(C)C)CC1. The maximum atomic E-state index is 3.57. The Morgan fingerprint density at radius 3 is 2.11 bits per heavy atom. The molecule has 0 saturated carbocycles. The Labute approximate surface area is 120 Å². The Morgan fingerprint density at radius 2 is 1.63 bits per heavy atom. The summed E-state index contributed by atoms with van der Waals surface area (Å²) in [6.45, 7) is 21.1. The molecule has 1 aliphatic rings. The molecular weight excluding hydrogens is 234 g/mol. The minimum absolute atomic E-state index is 0.364. The first-order chi connectivity index (χ1) is 8.84. The second-order valence-electron chi connectivity index (χ2n) is 7.27. The Kier molecular flexibility index (Phi) is 6.78. The highest BCUT2D eigenvalue weighted by Gasteiger charge is 2.26. The third-order valence-corrected chi connectivity index (χ3v) is 4.26. The average molecular weight is 269 g/mol. The standard InChI is InChI=1S/C16H35N3/c1-7-15(4)19-10-8-18(9-11-19)13-16(5,6)12-17-14(2)3/h14-15,17H,7-13H2,1-6H3. The summed E-state index contributed by atoms with van der Waals surface area (Å²) < 4.78 is 0. The molecule has 3 heteroatoms. The normalized spacial score (nSPS) is 21.0. The molecule has 1 heterocycles. The fourth-order valence-corrected chi connectivity index (χ4v) is 2.76. The van der Waals surface area contributed by atoms with Crippen LogP contribution in [0.1, 0.15) is 48.0 Å². The molecule has 114 valence electrons. The number of hydrogen-bond donors (Lipinski definition) is 1. The summed E-state index contributed by atoms with van der Waals surface area (Å²) in [5, 5.41) is 3.57. The van der Waals surface area contributed by atoms with E-state index in [-0.39, 0.29) is 0 Å². The van der Waals surface area contributed by atoms with Crippen molar-refractivity contribution in [1.29, 1.82) is 0 Å². The Bertz CT molecular complexity index is 242. The van der Waals surface area contributed by atoms with Gasteiger partial charge in [-0.15, -0.1) is 0 Å². The average Bonchev–Trinajstić information content (AvgIpc) is 2.36. The predicted octanol–water partition coefficient (Wildman–Crippen LogP) is 2.43. The van der Waals surface area contributed by atoms with Crippen molar-refractivity contribution in [2.24, 2.45) is 5.41 Å². The molecule has 0 amide bonds. The quantitative estimate of drug-likeness (QED) is 0.766. The maximum absolute atomic E-state index is 3.57. The van der Waals surface area contributed by atoms with Gasteiger partial charge in [0.15, 0.2) is 0 Å². The maximum Gasteiger partial charge on any atom is 0.0113 e. The zero-order chi connectivity index (χ0) is 14.5. The number of nitrogens with zero attached hydrogens (tertiary/aromatic N) is 2. The third kappa shape index (κ3) is 6.24. The van der Waals surface area contributed by atoms with Gasteiger partial charge in [0.1, 0.15) is 0 Å². The van der Waals surface area contributed by atoms with Crippen LogP contribution in [0.2, 0.25) is 0 Å². The fourth-order valence-electron chi connectivity index (χ4n) is 2.76. The monoisotopic (exact) mass is 269 g/mol. The lowest BCUT2D eigenvalue weighted by atomic mass is 9.92. The van der Waals surface area contributed by atoms with Crippen LogP contribution in [0.4, 0.5) is 0 Å². The molecule has 1 unspecified atom stereocenters. The summed E-state index contributed by atoms with van der Waals surface area (Å²) in [4.78, 5) is 5.27. The molecule has 0 aliphatic carbocycles. The first kappa shape index (κ1) is 16.9. The summed E-state index contributed by atoms with van der Waals surface area (Å²) in [5.41, 5.74) is 0.364. The Balaban J connectivity index is 2.31. The molecule has 1 saturated heterocycles. The molecule has 3 nitrogen and oxygen atoms in total. The van der Waals surface area contributed by atoms with Gasteiger partial charge in [-0.3, -0.25) is 4.90 Å². The molecule has 1 atom stereocenters. The van der Waals surface area contributed by atoms with Gasteiger partial charge < -0.3 is 10.2 Å². The van der Waals surface area contributed by atoms with E-state index in [0.29, 0.717) is 11.5 Å². The number of piperazine rings is 1. The van der Waals surface area contributed by atoms with E-state index in [1.165, 1.54) is 39.1 Å². The topological polar surface area (TPSA) is 18.5 Å². The second kappa shape index (κ2) is 7.61. The summed E-state index contributed by atoms with van der Waals surface area (Å²) in [5.74, 6) is 0. The van der Waals surface area contributed by atoms with Crippen molar-refractivity contribution in [2.75, 3.05) is 39.3 Å². The summed E-state index contributed by atoms with van der Waals surface area (Å²) >= 11 is 0. The van der Waals surface area contributed by atoms with Crippen LogP contribution in [0.3, 0.4) is 0 Å². The molecular formula is C16H35N3. The largest absolute Gasteiger partial charge is 0.314 e. The van der Waals surface area contributed by atoms with Gasteiger partial charge in [0.25, 0.3) is 0 Å². The second-order valence-corrected chi connectivity index (χ2v) is 7.27. The molecule has 0 radical (unpaired) electrons. The van der Waals surface area contributed by atoms with Crippen LogP contribution in [-0.4, -0.2) is 61.2 Å². The van der Waals surface area contributed by atoms with Crippen LogP contribution in [-0.2, 0) is 0 Å². The van der Waals surface area contributed by atoms with Crippen LogP contribution in [0.5, 0.6) is 0 Å². The molecule has 1 fully saturated rings. The first-order valence-electron chi connectivity index (χ1n) is 8.04. The van der Waals surface area contributed by atoms with E-state index < -0.39 is 0 Å². The van der Waals surface area contributed by atoms with E-state index in [0.717, 1.165) is 12.6 Å². The molecule has 0 bridgehead atoms. The molecule has 19 heavy (non-hydrogen) atoms. The highest BCUT2D eigenvalue weighted by molar-refractivity contribution is 4.82. The van der Waals surface area contributed by atoms with Gasteiger partial charge >= 0.3 is 0 Å². The smallest absolute Gasteiger partial charge is 0.0113 e. The highest BCUT2D eigenvalue weighted by atomic mass is 15.3. The van der Waals surface area contributed by atoms with Crippen molar-refractivity contribution >= 4 is 0 Å². The molecule has 0 aromatic carbocycles. The lowest BCUT2D eigenvalue weighted by Crippen LogP contribution is -2.52. The molecule has 1 aliphatic heterocycles. The van der Waals surface area contributed by atoms with Gasteiger partial charge in [0.2, 0.25) is 0 Å². The summed E-state index contributed by atoms with van der Waals surface area (Å²) in [6, 6.07) is 1.33. The van der Waals surface area contributed by atoms with E-state index >= 15 is 0 Å². The van der Waals surface area contributed by atoms with E-state index in [1.807, 2.05) is 0 Å². The van der Waals surface area contributed by atoms with Crippen molar-refractivity contribution in [3.63, 3.8) is 0 Å². The van der Waals surface area contributed by atoms with Crippen molar-refractivity contribution in [3.8, 4) is 0 Å². The molecule has 1 rings (SSSR count). The molecule has 1 N–H and O–H groups in total. The van der Waals surface area contributed by atoms with Gasteiger partial charge in [0, 0.05) is 51.4 Å². The van der Waals surface area contributed by atoms with E-state index in [4.69, 9.17) is 0 Å². The van der Waals surface area contributed by atoms with Crippen LogP contribution in [0.15, 0.2) is 0 Å². The van der Waals surface area contributed by atoms with Crippen molar-refractivity contribution in [1.82, 2.24) is 15.1 Å². The third-order valence-electron chi connectivity index (χ3n) is 4.26. The Morgan fingerprint density at radius 1 is 1.05 bits per heavy atom. The van der Waals surface area contributed by atoms with E-state index in [9.17, 15) is 0 Å². The summed E-state index contributed by atoms with van der Waals surface area (Å²) in [6.07, 6.45) is 1.27. The fraction of sp³-hybridized carbons (Fsp3) is 1.00. The first-order valence-corrected chi connectivity index (χ1v) is 8.04. The van der Waals surface area contributed by atoms with Crippen molar-refractivity contribution in [2.45, 2.75) is 60.0 Å². The lowest BCUT2D eigenvalue weighted by molar-refractivity contribution is 0.0743. The van der Waals surface area contributed by atoms with E-state index in [1.54, 1.807) is 0 Å². The summed E-state index contributed by atoms with van der Waals surface area (Å²) in [7, 11) is 0. The molecule has 0 spiro atoms. The van der Waals surface area contributed by atoms with Gasteiger partial charge in [-0.25, -0.2) is 0 Å². The van der Waals surface area contributed by atoms with Crippen molar-refractivity contribution in [3.05, 3.63) is 0 Å². The van der Waals surface area contributed by atoms with Crippen LogP contribution in [0.25, 0.3) is 0 Å². The van der Waals surface area contributed by atoms with Gasteiger partial charge in [-0.2, -0.15) is 0 Å². The predicted molar refractivity (Wildman–Crippen MR) is 84.7 cm³/mol. The highest BCUT2D eigenvalue weighted by Crippen LogP contribution is 2.18. The van der Waals surface area contributed by atoms with Crippen LogP contribution in [0, 0.1) is 5.41 Å². The zero-order valence-corrected chi connectivity index (χ0v) is 14.0. The van der Waals surface area contributed by atoms with E-state index in [2.05, 4.69) is 56.7 Å². The zero-order valence-electron chi connectivity index (χ0n) is 14.0. The minimum atomic E-state index is 0.364. The molecule has 0 aromatic heterocycles. The number of hydrogen-bond acceptors (Lipinski definition) is 3. The van der Waals surface area contributed by atoms with Crippen LogP contribution >= 0.6 is 0 Å². The molecule has 0 aromatic rings. The Hall–Kier alpha value is -0.120. The number of nitrogens with one attached hydrogen (secondary N) is 1. The minimum Gasteiger partial charge on any atom is -0.314 e. The van der Waals surface area contributed by atoms with Gasteiger partial charge in [0.05, 0.1) is 0 Å². The van der Waals surface area contributed by atoms with Gasteiger partial charge in [-0.05, 0) is 18.8 Å². The van der Waals surface area contributed by atoms with Crippen LogP contribution < -0.4 is 5.32 Å². The van der Waals surface area contributed by atoms with Crippen molar-refractivity contribution < 1.29 is 0 Å². The lowest BCUT2D eigenvalue weighted by Gasteiger charge is -2.41.